The minimum Gasteiger partial charge on any atom is -0.466 e. The molecule has 2 aliphatic heterocycles. The van der Waals surface area contributed by atoms with Crippen molar-refractivity contribution in [2.75, 3.05) is 7.11 Å². The van der Waals surface area contributed by atoms with Gasteiger partial charge in [-0.25, -0.2) is 9.79 Å². The summed E-state index contributed by atoms with van der Waals surface area (Å²) in [5.41, 5.74) is 3.04. The Morgan fingerprint density at radius 2 is 1.96 bits per heavy atom. The lowest BCUT2D eigenvalue weighted by molar-refractivity contribution is -0.137. The number of hydrogen-bond donors (Lipinski definition) is 0. The largest absolute Gasteiger partial charge is 0.466 e. The molecule has 2 aliphatic rings. The summed E-state index contributed by atoms with van der Waals surface area (Å²) in [5.74, 6) is -0.445. The minimum absolute atomic E-state index is 0.000674. The first kappa shape index (κ1) is 16.8. The maximum Gasteiger partial charge on any atom is 0.338 e. The van der Waals surface area contributed by atoms with Crippen LogP contribution in [0.1, 0.15) is 37.4 Å². The number of nitrogens with zero attached hydrogens (tertiary/aromatic N) is 2. The van der Waals surface area contributed by atoms with Gasteiger partial charge in [-0.05, 0) is 25.8 Å². The summed E-state index contributed by atoms with van der Waals surface area (Å²) in [6.45, 7) is 5.78. The number of amidine groups is 1. The van der Waals surface area contributed by atoms with E-state index in [2.05, 4.69) is 4.99 Å². The first-order valence-electron chi connectivity index (χ1n) is 7.92. The molecule has 1 amide bonds. The molecule has 0 bridgehead atoms. The topological polar surface area (TPSA) is 59.0 Å². The Balaban J connectivity index is 2.15. The molecule has 24 heavy (non-hydrogen) atoms. The van der Waals surface area contributed by atoms with E-state index < -0.39 is 12.0 Å². The number of fused-ring (bicyclic) bond motifs is 1. The standard InChI is InChI=1S/C18H20N2O3S/c1-5-13-16(21)20-15(12-8-6-10(2)7-9-12)14(17(22)23-4)11(3)19-18(20)24-13/h6-9,13,15H,5H2,1-4H3/t13-,15-/m1/s1. The number of esters is 1. The average Bonchev–Trinajstić information content (AvgIpc) is 2.89. The second-order valence-electron chi connectivity index (χ2n) is 5.92. The van der Waals surface area contributed by atoms with Crippen LogP contribution in [0, 0.1) is 6.92 Å². The second kappa shape index (κ2) is 6.43. The van der Waals surface area contributed by atoms with E-state index in [0.29, 0.717) is 16.4 Å². The molecule has 1 aromatic rings. The van der Waals surface area contributed by atoms with Gasteiger partial charge in [0, 0.05) is 0 Å². The molecule has 0 spiro atoms. The quantitative estimate of drug-likeness (QED) is 0.790. The summed E-state index contributed by atoms with van der Waals surface area (Å²) in [4.78, 5) is 31.4. The molecule has 1 saturated heterocycles. The van der Waals surface area contributed by atoms with E-state index >= 15 is 0 Å². The maximum absolute atomic E-state index is 12.8. The lowest BCUT2D eigenvalue weighted by atomic mass is 9.93. The molecule has 2 atom stereocenters. The van der Waals surface area contributed by atoms with Crippen LogP contribution in [0.15, 0.2) is 40.5 Å². The van der Waals surface area contributed by atoms with Gasteiger partial charge in [0.15, 0.2) is 5.17 Å². The van der Waals surface area contributed by atoms with Crippen molar-refractivity contribution in [3.05, 3.63) is 46.7 Å². The molecular weight excluding hydrogens is 324 g/mol. The number of aliphatic imine (C=N–C) groups is 1. The zero-order valence-electron chi connectivity index (χ0n) is 14.2. The van der Waals surface area contributed by atoms with Crippen molar-refractivity contribution >= 4 is 28.8 Å². The van der Waals surface area contributed by atoms with E-state index in [-0.39, 0.29) is 11.2 Å². The predicted octanol–water partition coefficient (Wildman–Crippen LogP) is 3.21. The van der Waals surface area contributed by atoms with Crippen molar-refractivity contribution < 1.29 is 14.3 Å². The third kappa shape index (κ3) is 2.65. The zero-order valence-corrected chi connectivity index (χ0v) is 15.0. The molecule has 0 radical (unpaired) electrons. The number of aryl methyl sites for hydroxylation is 1. The fourth-order valence-electron chi connectivity index (χ4n) is 3.02. The van der Waals surface area contributed by atoms with Crippen molar-refractivity contribution in [2.24, 2.45) is 4.99 Å². The highest BCUT2D eigenvalue weighted by Crippen LogP contribution is 2.43. The SMILES string of the molecule is CC[C@H]1SC2=NC(C)=C(C(=O)OC)[C@@H](c3ccc(C)cc3)N2C1=O. The Kier molecular flexibility index (Phi) is 4.49. The third-order valence-corrected chi connectivity index (χ3v) is 5.64. The maximum atomic E-state index is 12.8. The Morgan fingerprint density at radius 3 is 2.54 bits per heavy atom. The molecule has 0 unspecified atom stereocenters. The van der Waals surface area contributed by atoms with Crippen molar-refractivity contribution in [1.29, 1.82) is 0 Å². The van der Waals surface area contributed by atoms with Crippen LogP contribution in [0.5, 0.6) is 0 Å². The number of allylic oxidation sites excluding steroid dienone is 1. The summed E-state index contributed by atoms with van der Waals surface area (Å²) >= 11 is 1.47. The lowest BCUT2D eigenvalue weighted by Gasteiger charge is -2.32. The lowest BCUT2D eigenvalue weighted by Crippen LogP contribution is -2.40. The van der Waals surface area contributed by atoms with Crippen LogP contribution in [0.25, 0.3) is 0 Å². The van der Waals surface area contributed by atoms with E-state index in [1.165, 1.54) is 18.9 Å². The fourth-order valence-corrected chi connectivity index (χ4v) is 4.16. The molecule has 1 aromatic carbocycles. The molecule has 126 valence electrons. The number of carbonyl (C=O) groups excluding carboxylic acids is 2. The summed E-state index contributed by atoms with van der Waals surface area (Å²) in [6.07, 6.45) is 0.728. The van der Waals surface area contributed by atoms with Crippen molar-refractivity contribution in [2.45, 2.75) is 38.5 Å². The Morgan fingerprint density at radius 1 is 1.29 bits per heavy atom. The summed E-state index contributed by atoms with van der Waals surface area (Å²) in [6, 6.07) is 7.39. The molecule has 0 aromatic heterocycles. The van der Waals surface area contributed by atoms with Crippen LogP contribution in [0.3, 0.4) is 0 Å². The molecular formula is C18H20N2O3S. The van der Waals surface area contributed by atoms with Crippen molar-refractivity contribution in [3.63, 3.8) is 0 Å². The number of thioether (sulfide) groups is 1. The van der Waals surface area contributed by atoms with Gasteiger partial charge in [-0.1, -0.05) is 48.5 Å². The highest BCUT2D eigenvalue weighted by Gasteiger charge is 2.46. The van der Waals surface area contributed by atoms with E-state index in [4.69, 9.17) is 4.74 Å². The number of amides is 1. The number of benzene rings is 1. The van der Waals surface area contributed by atoms with Gasteiger partial charge in [0.2, 0.25) is 5.91 Å². The van der Waals surface area contributed by atoms with Crippen LogP contribution in [0.4, 0.5) is 0 Å². The van der Waals surface area contributed by atoms with Crippen LogP contribution < -0.4 is 0 Å². The number of methoxy groups -OCH3 is 1. The van der Waals surface area contributed by atoms with Gasteiger partial charge in [-0.15, -0.1) is 0 Å². The van der Waals surface area contributed by atoms with E-state index in [1.807, 2.05) is 38.1 Å². The van der Waals surface area contributed by atoms with Crippen molar-refractivity contribution in [1.82, 2.24) is 4.90 Å². The van der Waals surface area contributed by atoms with E-state index in [9.17, 15) is 9.59 Å². The monoisotopic (exact) mass is 344 g/mol. The number of carbonyl (C=O) groups is 2. The van der Waals surface area contributed by atoms with Crippen molar-refractivity contribution in [3.8, 4) is 0 Å². The molecule has 0 saturated carbocycles. The third-order valence-electron chi connectivity index (χ3n) is 4.32. The molecule has 3 rings (SSSR count). The highest BCUT2D eigenvalue weighted by molar-refractivity contribution is 8.15. The predicted molar refractivity (Wildman–Crippen MR) is 94.6 cm³/mol. The van der Waals surface area contributed by atoms with Gasteiger partial charge < -0.3 is 4.74 Å². The molecule has 1 fully saturated rings. The van der Waals surface area contributed by atoms with E-state index in [1.54, 1.807) is 11.8 Å². The van der Waals surface area contributed by atoms with Gasteiger partial charge in [-0.3, -0.25) is 9.69 Å². The van der Waals surface area contributed by atoms with Crippen LogP contribution in [0.2, 0.25) is 0 Å². The van der Waals surface area contributed by atoms with Crippen LogP contribution in [-0.4, -0.2) is 34.3 Å². The van der Waals surface area contributed by atoms with Gasteiger partial charge in [0.1, 0.15) is 0 Å². The first-order valence-corrected chi connectivity index (χ1v) is 8.80. The second-order valence-corrected chi connectivity index (χ2v) is 7.09. The summed E-state index contributed by atoms with van der Waals surface area (Å²) in [7, 11) is 1.35. The van der Waals surface area contributed by atoms with Gasteiger partial charge in [-0.2, -0.15) is 0 Å². The van der Waals surface area contributed by atoms with Crippen LogP contribution >= 0.6 is 11.8 Å². The highest BCUT2D eigenvalue weighted by atomic mass is 32.2. The smallest absolute Gasteiger partial charge is 0.338 e. The Bertz CT molecular complexity index is 752. The molecule has 5 nitrogen and oxygen atoms in total. The summed E-state index contributed by atoms with van der Waals surface area (Å²) < 4.78 is 4.96. The minimum atomic E-state index is -0.484. The number of hydrogen-bond acceptors (Lipinski definition) is 5. The summed E-state index contributed by atoms with van der Waals surface area (Å²) in [5, 5.41) is 0.518. The molecule has 0 aliphatic carbocycles. The number of rotatable bonds is 3. The van der Waals surface area contributed by atoms with Crippen LogP contribution in [-0.2, 0) is 14.3 Å². The molecule has 2 heterocycles. The molecule has 6 heteroatoms. The molecule has 0 N–H and O–H groups in total. The fraction of sp³-hybridized carbons (Fsp3) is 0.389. The normalized spacial score (nSPS) is 23.2. The average molecular weight is 344 g/mol. The van der Waals surface area contributed by atoms with E-state index in [0.717, 1.165) is 17.5 Å². The van der Waals surface area contributed by atoms with Gasteiger partial charge in [0.05, 0.1) is 29.7 Å². The number of ether oxygens (including phenoxy) is 1. The van der Waals surface area contributed by atoms with Gasteiger partial charge in [0.25, 0.3) is 0 Å². The van der Waals surface area contributed by atoms with Gasteiger partial charge >= 0.3 is 5.97 Å². The zero-order chi connectivity index (χ0) is 17.4. The Hall–Kier alpha value is -2.08. The first-order chi connectivity index (χ1) is 11.5. The Labute approximate surface area is 145 Å².